The molecule has 1 aliphatic heterocycles. The molecule has 3 N–H and O–H groups in total. The smallest absolute Gasteiger partial charge is 0.251 e. The van der Waals surface area contributed by atoms with Crippen LogP contribution < -0.4 is 11.1 Å². The zero-order valence-electron chi connectivity index (χ0n) is 11.3. The molecule has 2 unspecified atom stereocenters. The molecule has 1 amide bonds. The number of carbonyl (C=O) groups excluding carboxylic acids is 1. The molecule has 0 aliphatic carbocycles. The maximum atomic E-state index is 13.1. The summed E-state index contributed by atoms with van der Waals surface area (Å²) in [6.45, 7) is 3.12. The highest BCUT2D eigenvalue weighted by molar-refractivity contribution is 5.95. The van der Waals surface area contributed by atoms with Gasteiger partial charge in [0, 0.05) is 24.2 Å². The molecule has 0 radical (unpaired) electrons. The second-order valence-electron chi connectivity index (χ2n) is 5.26. The van der Waals surface area contributed by atoms with Crippen molar-refractivity contribution in [3.63, 3.8) is 0 Å². The van der Waals surface area contributed by atoms with Gasteiger partial charge >= 0.3 is 0 Å². The largest absolute Gasteiger partial charge is 0.396 e. The topological polar surface area (TPSA) is 58.4 Å². The summed E-state index contributed by atoms with van der Waals surface area (Å²) in [6, 6.07) is 4.69. The fourth-order valence-electron chi connectivity index (χ4n) is 2.37. The van der Waals surface area contributed by atoms with Crippen molar-refractivity contribution in [1.29, 1.82) is 0 Å². The van der Waals surface area contributed by atoms with Crippen molar-refractivity contribution in [1.82, 2.24) is 10.2 Å². The van der Waals surface area contributed by atoms with Crippen LogP contribution >= 0.6 is 0 Å². The Morgan fingerprint density at radius 1 is 1.53 bits per heavy atom. The molecule has 1 aromatic carbocycles. The van der Waals surface area contributed by atoms with Gasteiger partial charge in [0.15, 0.2) is 0 Å². The van der Waals surface area contributed by atoms with Crippen LogP contribution in [0, 0.1) is 5.82 Å². The lowest BCUT2D eigenvalue weighted by Crippen LogP contribution is -2.47. The molecule has 5 heteroatoms. The van der Waals surface area contributed by atoms with E-state index in [1.54, 1.807) is 0 Å². The summed E-state index contributed by atoms with van der Waals surface area (Å²) in [5, 5.41) is 2.99. The van der Waals surface area contributed by atoms with Crippen molar-refractivity contribution in [3.05, 3.63) is 29.6 Å². The first-order chi connectivity index (χ1) is 8.97. The van der Waals surface area contributed by atoms with Crippen LogP contribution in [-0.2, 0) is 0 Å². The predicted molar refractivity (Wildman–Crippen MR) is 73.4 cm³/mol. The highest BCUT2D eigenvalue weighted by Crippen LogP contribution is 2.17. The summed E-state index contributed by atoms with van der Waals surface area (Å²) in [7, 11) is 2.09. The van der Waals surface area contributed by atoms with E-state index in [-0.39, 0.29) is 17.6 Å². The number of anilines is 1. The number of nitrogens with zero attached hydrogens (tertiary/aromatic N) is 1. The fraction of sp³-hybridized carbons (Fsp3) is 0.500. The molecule has 0 spiro atoms. The summed E-state index contributed by atoms with van der Waals surface area (Å²) < 4.78 is 13.1. The summed E-state index contributed by atoms with van der Waals surface area (Å²) in [5.41, 5.74) is 5.88. The summed E-state index contributed by atoms with van der Waals surface area (Å²) in [4.78, 5) is 14.3. The standard InChI is InChI=1S/C14H20FN3O/c1-9-7-11(5-6-18(9)2)17-14(19)10-3-4-12(15)13(16)8-10/h3-4,8-9,11H,5-7,16H2,1-2H3,(H,17,19). The Bertz CT molecular complexity index is 478. The number of likely N-dealkylation sites (tertiary alicyclic amines) is 1. The number of hydrogen-bond donors (Lipinski definition) is 2. The number of piperidine rings is 1. The molecule has 2 atom stereocenters. The number of amides is 1. The molecule has 2 rings (SSSR count). The lowest BCUT2D eigenvalue weighted by Gasteiger charge is -2.35. The van der Waals surface area contributed by atoms with E-state index in [0.29, 0.717) is 11.6 Å². The molecule has 1 saturated heterocycles. The Kier molecular flexibility index (Phi) is 4.04. The van der Waals surface area contributed by atoms with Crippen molar-refractivity contribution in [2.45, 2.75) is 31.8 Å². The first kappa shape index (κ1) is 13.8. The third-order valence-corrected chi connectivity index (χ3v) is 3.80. The number of nitrogens with two attached hydrogens (primary N) is 1. The average molecular weight is 265 g/mol. The second kappa shape index (κ2) is 5.57. The number of nitrogens with one attached hydrogen (secondary N) is 1. The molecule has 1 aliphatic rings. The Morgan fingerprint density at radius 3 is 2.89 bits per heavy atom. The van der Waals surface area contributed by atoms with Crippen molar-refractivity contribution in [2.24, 2.45) is 0 Å². The second-order valence-corrected chi connectivity index (χ2v) is 5.26. The van der Waals surface area contributed by atoms with E-state index < -0.39 is 5.82 Å². The van der Waals surface area contributed by atoms with E-state index in [2.05, 4.69) is 24.2 Å². The molecule has 1 heterocycles. The van der Waals surface area contributed by atoms with E-state index in [4.69, 9.17) is 5.73 Å². The van der Waals surface area contributed by atoms with Crippen LogP contribution in [-0.4, -0.2) is 36.5 Å². The molecule has 104 valence electrons. The molecule has 0 saturated carbocycles. The lowest BCUT2D eigenvalue weighted by molar-refractivity contribution is 0.0896. The van der Waals surface area contributed by atoms with Gasteiger partial charge in [-0.05, 0) is 45.0 Å². The third kappa shape index (κ3) is 3.23. The zero-order valence-corrected chi connectivity index (χ0v) is 11.3. The van der Waals surface area contributed by atoms with Gasteiger partial charge in [0.25, 0.3) is 5.91 Å². The number of benzene rings is 1. The summed E-state index contributed by atoms with van der Waals surface area (Å²) in [5.74, 6) is -0.682. The number of nitrogen functional groups attached to an aromatic ring is 1. The van der Waals surface area contributed by atoms with Crippen LogP contribution in [0.1, 0.15) is 30.1 Å². The molecule has 1 aromatic rings. The zero-order chi connectivity index (χ0) is 14.0. The summed E-state index contributed by atoms with van der Waals surface area (Å²) >= 11 is 0. The van der Waals surface area contributed by atoms with E-state index in [1.807, 2.05) is 0 Å². The first-order valence-corrected chi connectivity index (χ1v) is 6.53. The van der Waals surface area contributed by atoms with Crippen LogP contribution in [0.25, 0.3) is 0 Å². The van der Waals surface area contributed by atoms with Crippen LogP contribution in [0.2, 0.25) is 0 Å². The highest BCUT2D eigenvalue weighted by Gasteiger charge is 2.24. The highest BCUT2D eigenvalue weighted by atomic mass is 19.1. The number of halogens is 1. The maximum Gasteiger partial charge on any atom is 0.251 e. The van der Waals surface area contributed by atoms with Crippen LogP contribution in [0.3, 0.4) is 0 Å². The van der Waals surface area contributed by atoms with Crippen LogP contribution in [0.15, 0.2) is 18.2 Å². The normalized spacial score (nSPS) is 24.2. The molecular formula is C14H20FN3O. The van der Waals surface area contributed by atoms with Crippen LogP contribution in [0.4, 0.5) is 10.1 Å². The van der Waals surface area contributed by atoms with Gasteiger partial charge in [0.1, 0.15) is 5.82 Å². The van der Waals surface area contributed by atoms with E-state index in [9.17, 15) is 9.18 Å². The van der Waals surface area contributed by atoms with Gasteiger partial charge in [0.2, 0.25) is 0 Å². The van der Waals surface area contributed by atoms with Gasteiger partial charge in [-0.1, -0.05) is 0 Å². The van der Waals surface area contributed by atoms with Gasteiger partial charge in [-0.2, -0.15) is 0 Å². The molecule has 19 heavy (non-hydrogen) atoms. The maximum absolute atomic E-state index is 13.1. The quantitative estimate of drug-likeness (QED) is 0.799. The van der Waals surface area contributed by atoms with Crippen LogP contribution in [0.5, 0.6) is 0 Å². The minimum absolute atomic E-state index is 0.00407. The van der Waals surface area contributed by atoms with Gasteiger partial charge in [-0.15, -0.1) is 0 Å². The van der Waals surface area contributed by atoms with E-state index >= 15 is 0 Å². The monoisotopic (exact) mass is 265 g/mol. The molecule has 1 fully saturated rings. The Labute approximate surface area is 112 Å². The minimum Gasteiger partial charge on any atom is -0.396 e. The van der Waals surface area contributed by atoms with E-state index in [1.165, 1.54) is 18.2 Å². The number of carbonyl (C=O) groups is 1. The third-order valence-electron chi connectivity index (χ3n) is 3.80. The molecular weight excluding hydrogens is 245 g/mol. The van der Waals surface area contributed by atoms with Crippen molar-refractivity contribution in [3.8, 4) is 0 Å². The molecule has 0 aromatic heterocycles. The van der Waals surface area contributed by atoms with Gasteiger partial charge in [0.05, 0.1) is 5.69 Å². The first-order valence-electron chi connectivity index (χ1n) is 6.53. The Morgan fingerprint density at radius 2 is 2.26 bits per heavy atom. The van der Waals surface area contributed by atoms with Gasteiger partial charge in [-0.25, -0.2) is 4.39 Å². The minimum atomic E-state index is -0.496. The lowest BCUT2D eigenvalue weighted by atomic mass is 9.98. The van der Waals surface area contributed by atoms with Crippen molar-refractivity contribution in [2.75, 3.05) is 19.3 Å². The van der Waals surface area contributed by atoms with Gasteiger partial charge < -0.3 is 16.0 Å². The molecule has 4 nitrogen and oxygen atoms in total. The van der Waals surface area contributed by atoms with E-state index in [0.717, 1.165) is 19.4 Å². The van der Waals surface area contributed by atoms with Crippen molar-refractivity contribution >= 4 is 11.6 Å². The number of rotatable bonds is 2. The average Bonchev–Trinajstić information content (AvgIpc) is 2.37. The fourth-order valence-corrected chi connectivity index (χ4v) is 2.37. The predicted octanol–water partition coefficient (Wildman–Crippen LogP) is 1.62. The number of hydrogen-bond acceptors (Lipinski definition) is 3. The Balaban J connectivity index is 1.99. The summed E-state index contributed by atoms with van der Waals surface area (Å²) in [6.07, 6.45) is 1.86. The Hall–Kier alpha value is -1.62. The SMILES string of the molecule is CC1CC(NC(=O)c2ccc(F)c(N)c2)CCN1C. The van der Waals surface area contributed by atoms with Crippen molar-refractivity contribution < 1.29 is 9.18 Å². The van der Waals surface area contributed by atoms with Gasteiger partial charge in [-0.3, -0.25) is 4.79 Å². The molecule has 0 bridgehead atoms.